The first-order valence-electron chi connectivity index (χ1n) is 9.16. The van der Waals surface area contributed by atoms with Gasteiger partial charge in [0.25, 0.3) is 5.91 Å². The summed E-state index contributed by atoms with van der Waals surface area (Å²) in [6, 6.07) is 15.0. The molecule has 1 amide bonds. The second kappa shape index (κ2) is 7.89. The zero-order valence-electron chi connectivity index (χ0n) is 16.0. The predicted octanol–water partition coefficient (Wildman–Crippen LogP) is 4.72. The zero-order chi connectivity index (χ0) is 20.4. The van der Waals surface area contributed by atoms with Crippen LogP contribution >= 0.6 is 11.3 Å². The van der Waals surface area contributed by atoms with E-state index in [2.05, 4.69) is 10.1 Å². The molecule has 29 heavy (non-hydrogen) atoms. The number of aromatic nitrogens is 1. The van der Waals surface area contributed by atoms with Crippen LogP contribution in [0.3, 0.4) is 0 Å². The monoisotopic (exact) mass is 405 g/mol. The van der Waals surface area contributed by atoms with Gasteiger partial charge in [-0.2, -0.15) is 10.1 Å². The highest BCUT2D eigenvalue weighted by Crippen LogP contribution is 2.34. The number of amides is 1. The lowest BCUT2D eigenvalue weighted by atomic mass is 10.1. The molecule has 0 atom stereocenters. The number of hydrazone groups is 1. The molecule has 1 aliphatic rings. The molecule has 2 aromatic carbocycles. The van der Waals surface area contributed by atoms with Gasteiger partial charge in [-0.15, -0.1) is 11.3 Å². The molecule has 7 heteroatoms. The highest BCUT2D eigenvalue weighted by molar-refractivity contribution is 7.14. The third-order valence-electron chi connectivity index (χ3n) is 4.44. The first-order chi connectivity index (χ1) is 14.1. The van der Waals surface area contributed by atoms with E-state index in [9.17, 15) is 9.90 Å². The Hall–Kier alpha value is -3.45. The number of carbonyl (C=O) groups is 1. The lowest BCUT2D eigenvalue weighted by Crippen LogP contribution is -2.21. The van der Waals surface area contributed by atoms with E-state index in [1.165, 1.54) is 16.3 Å². The lowest BCUT2D eigenvalue weighted by Gasteiger charge is -2.09. The van der Waals surface area contributed by atoms with E-state index in [0.717, 1.165) is 11.3 Å². The molecule has 3 aromatic rings. The number of anilines is 1. The highest BCUT2D eigenvalue weighted by atomic mass is 32.1. The predicted molar refractivity (Wildman–Crippen MR) is 115 cm³/mol. The molecule has 0 saturated heterocycles. The molecule has 1 N–H and O–H groups in total. The molecule has 0 saturated carbocycles. The third kappa shape index (κ3) is 3.64. The number of nitrogens with zero attached hydrogens (tertiary/aromatic N) is 3. The summed E-state index contributed by atoms with van der Waals surface area (Å²) in [6.45, 7) is 4.05. The van der Waals surface area contributed by atoms with Crippen LogP contribution in [0.15, 0.2) is 64.6 Å². The molecule has 1 aromatic heterocycles. The second-order valence-electron chi connectivity index (χ2n) is 6.37. The number of phenols is 1. The SMILES string of the molecule is CCOc1cccc(/C=C2/C(=O)N(c3nc(-c4ccccc4)cs3)N=C2C)c1O. The molecule has 1 aliphatic heterocycles. The molecular weight excluding hydrogens is 386 g/mol. The Morgan fingerprint density at radius 1 is 1.17 bits per heavy atom. The number of carbonyl (C=O) groups excluding carboxylic acids is 1. The van der Waals surface area contributed by atoms with Crippen LogP contribution in [0.25, 0.3) is 17.3 Å². The fourth-order valence-electron chi connectivity index (χ4n) is 3.00. The van der Waals surface area contributed by atoms with Crippen molar-refractivity contribution < 1.29 is 14.6 Å². The summed E-state index contributed by atoms with van der Waals surface area (Å²) in [5, 5.41) is 18.5. The molecule has 6 nitrogen and oxygen atoms in total. The Kier molecular flexibility index (Phi) is 5.14. The Balaban J connectivity index is 1.64. The topological polar surface area (TPSA) is 75.0 Å². The van der Waals surface area contributed by atoms with E-state index in [1.807, 2.05) is 42.6 Å². The van der Waals surface area contributed by atoms with Gasteiger partial charge in [0.2, 0.25) is 5.13 Å². The summed E-state index contributed by atoms with van der Waals surface area (Å²) in [5.41, 5.74) is 3.25. The maximum atomic E-state index is 13.0. The average molecular weight is 405 g/mol. The normalized spacial score (nSPS) is 15.1. The number of phenolic OH excluding ortho intramolecular Hbond substituents is 1. The zero-order valence-corrected chi connectivity index (χ0v) is 16.8. The fourth-order valence-corrected chi connectivity index (χ4v) is 3.78. The van der Waals surface area contributed by atoms with Crippen LogP contribution in [0.1, 0.15) is 19.4 Å². The van der Waals surface area contributed by atoms with Crippen molar-refractivity contribution in [2.75, 3.05) is 11.6 Å². The minimum Gasteiger partial charge on any atom is -0.504 e. The highest BCUT2D eigenvalue weighted by Gasteiger charge is 2.31. The number of hydrogen-bond donors (Lipinski definition) is 1. The van der Waals surface area contributed by atoms with Crippen molar-refractivity contribution in [2.45, 2.75) is 13.8 Å². The average Bonchev–Trinajstić information content (AvgIpc) is 3.32. The number of thiazole rings is 1. The quantitative estimate of drug-likeness (QED) is 0.623. The Bertz CT molecular complexity index is 1120. The molecule has 2 heterocycles. The summed E-state index contributed by atoms with van der Waals surface area (Å²) in [5.74, 6) is 0.102. The van der Waals surface area contributed by atoms with Gasteiger partial charge >= 0.3 is 0 Å². The molecule has 0 fully saturated rings. The first-order valence-corrected chi connectivity index (χ1v) is 10.0. The Morgan fingerprint density at radius 3 is 2.72 bits per heavy atom. The maximum absolute atomic E-state index is 13.0. The molecule has 0 aliphatic carbocycles. The number of rotatable bonds is 5. The van der Waals surface area contributed by atoms with Crippen LogP contribution in [0, 0.1) is 0 Å². The van der Waals surface area contributed by atoms with Crippen LogP contribution < -0.4 is 9.75 Å². The van der Waals surface area contributed by atoms with E-state index in [1.54, 1.807) is 31.2 Å². The third-order valence-corrected chi connectivity index (χ3v) is 5.25. The van der Waals surface area contributed by atoms with Gasteiger partial charge in [0, 0.05) is 16.5 Å². The van der Waals surface area contributed by atoms with Crippen LogP contribution in [-0.2, 0) is 4.79 Å². The minimum atomic E-state index is -0.280. The minimum absolute atomic E-state index is 0.00140. The van der Waals surface area contributed by atoms with Gasteiger partial charge < -0.3 is 9.84 Å². The van der Waals surface area contributed by atoms with Crippen molar-refractivity contribution in [3.63, 3.8) is 0 Å². The Morgan fingerprint density at radius 2 is 1.97 bits per heavy atom. The van der Waals surface area contributed by atoms with Crippen LogP contribution in [0.2, 0.25) is 0 Å². The number of ether oxygens (including phenoxy) is 1. The molecule has 146 valence electrons. The van der Waals surface area contributed by atoms with Gasteiger partial charge in [0.15, 0.2) is 11.5 Å². The van der Waals surface area contributed by atoms with Gasteiger partial charge in [0.1, 0.15) is 0 Å². The molecule has 0 radical (unpaired) electrons. The van der Waals surface area contributed by atoms with Crippen molar-refractivity contribution >= 4 is 34.2 Å². The number of benzene rings is 2. The maximum Gasteiger partial charge on any atom is 0.282 e. The van der Waals surface area contributed by atoms with Gasteiger partial charge in [0.05, 0.1) is 23.6 Å². The van der Waals surface area contributed by atoms with Crippen molar-refractivity contribution in [3.8, 4) is 22.8 Å². The summed E-state index contributed by atoms with van der Waals surface area (Å²) >= 11 is 1.36. The summed E-state index contributed by atoms with van der Waals surface area (Å²) in [7, 11) is 0. The van der Waals surface area contributed by atoms with E-state index in [0.29, 0.717) is 34.3 Å². The standard InChI is InChI=1S/C22H19N3O3S/c1-3-28-19-11-7-10-16(20(19)26)12-17-14(2)24-25(21(17)27)22-23-18(13-29-22)15-8-5-4-6-9-15/h4-13,26H,3H2,1-2H3/b17-12+. The van der Waals surface area contributed by atoms with Crippen LogP contribution in [0.4, 0.5) is 5.13 Å². The molecular formula is C22H19N3O3S. The molecule has 0 spiro atoms. The summed E-state index contributed by atoms with van der Waals surface area (Å²) in [6.07, 6.45) is 1.63. The van der Waals surface area contributed by atoms with E-state index in [-0.39, 0.29) is 11.7 Å². The van der Waals surface area contributed by atoms with E-state index >= 15 is 0 Å². The van der Waals surface area contributed by atoms with Gasteiger partial charge in [-0.05, 0) is 26.0 Å². The fraction of sp³-hybridized carbons (Fsp3) is 0.136. The molecule has 0 bridgehead atoms. The Labute approximate surface area is 172 Å². The van der Waals surface area contributed by atoms with Crippen molar-refractivity contribution in [1.29, 1.82) is 0 Å². The lowest BCUT2D eigenvalue weighted by molar-refractivity contribution is -0.114. The van der Waals surface area contributed by atoms with Gasteiger partial charge in [-0.3, -0.25) is 4.79 Å². The van der Waals surface area contributed by atoms with Gasteiger partial charge in [-0.1, -0.05) is 42.5 Å². The van der Waals surface area contributed by atoms with Gasteiger partial charge in [-0.25, -0.2) is 4.98 Å². The molecule has 0 unspecified atom stereocenters. The van der Waals surface area contributed by atoms with Crippen LogP contribution in [-0.4, -0.2) is 28.3 Å². The van der Waals surface area contributed by atoms with Crippen molar-refractivity contribution in [1.82, 2.24) is 4.98 Å². The summed E-state index contributed by atoms with van der Waals surface area (Å²) in [4.78, 5) is 17.6. The first kappa shape index (κ1) is 18.9. The van der Waals surface area contributed by atoms with E-state index < -0.39 is 0 Å². The number of para-hydroxylation sites is 1. The van der Waals surface area contributed by atoms with Crippen molar-refractivity contribution in [2.24, 2.45) is 5.10 Å². The van der Waals surface area contributed by atoms with Crippen molar-refractivity contribution in [3.05, 3.63) is 65.0 Å². The second-order valence-corrected chi connectivity index (χ2v) is 7.21. The molecule has 4 rings (SSSR count). The largest absolute Gasteiger partial charge is 0.504 e. The summed E-state index contributed by atoms with van der Waals surface area (Å²) < 4.78 is 5.42. The smallest absolute Gasteiger partial charge is 0.282 e. The number of aromatic hydroxyl groups is 1. The van der Waals surface area contributed by atoms with Crippen LogP contribution in [0.5, 0.6) is 11.5 Å². The number of hydrogen-bond acceptors (Lipinski definition) is 6. The van der Waals surface area contributed by atoms with E-state index in [4.69, 9.17) is 4.74 Å².